The highest BCUT2D eigenvalue weighted by Gasteiger charge is 2.26. The highest BCUT2D eigenvalue weighted by molar-refractivity contribution is 5.92. The van der Waals surface area contributed by atoms with E-state index in [0.29, 0.717) is 12.2 Å². The number of carbonyl (C=O) groups is 1. The number of nitrogen functional groups attached to an aromatic ring is 1. The predicted octanol–water partition coefficient (Wildman–Crippen LogP) is 2.03. The molecule has 0 aliphatic heterocycles. The fraction of sp³-hybridized carbons (Fsp3) is 0.500. The van der Waals surface area contributed by atoms with Crippen molar-refractivity contribution in [3.8, 4) is 0 Å². The lowest BCUT2D eigenvalue weighted by molar-refractivity contribution is 0.0595. The molecule has 114 valence electrons. The number of methoxy groups -OCH3 is 1. The maximum absolute atomic E-state index is 11.7. The number of nitrogens with two attached hydrogens (primary N) is 1. The van der Waals surface area contributed by atoms with E-state index in [0.717, 1.165) is 22.8 Å². The van der Waals surface area contributed by atoms with Crippen LogP contribution in [0.1, 0.15) is 53.2 Å². The van der Waals surface area contributed by atoms with Gasteiger partial charge in [-0.25, -0.2) is 9.78 Å². The van der Waals surface area contributed by atoms with Gasteiger partial charge in [0.1, 0.15) is 17.4 Å². The van der Waals surface area contributed by atoms with Crippen LogP contribution in [0.15, 0.2) is 4.52 Å². The van der Waals surface area contributed by atoms with Crippen molar-refractivity contribution < 1.29 is 14.1 Å². The van der Waals surface area contributed by atoms with Gasteiger partial charge in [-0.3, -0.25) is 0 Å². The first kappa shape index (κ1) is 15.1. The number of rotatable bonds is 4. The normalized spacial score (nSPS) is 12.4. The SMILES string of the molecule is CCc1nc(C(=O)OC)c(N)n1C(C)c1c(C)noc1C. The molecule has 2 aromatic rings. The Kier molecular flexibility index (Phi) is 4.02. The molecule has 1 atom stereocenters. The minimum atomic E-state index is -0.535. The van der Waals surface area contributed by atoms with Gasteiger partial charge >= 0.3 is 5.97 Å². The molecule has 0 saturated heterocycles. The van der Waals surface area contributed by atoms with Crippen LogP contribution in [-0.4, -0.2) is 27.8 Å². The van der Waals surface area contributed by atoms with Crippen LogP contribution in [0.3, 0.4) is 0 Å². The molecule has 0 saturated carbocycles. The van der Waals surface area contributed by atoms with Crippen molar-refractivity contribution in [2.45, 2.75) is 40.2 Å². The van der Waals surface area contributed by atoms with Crippen molar-refractivity contribution in [1.29, 1.82) is 0 Å². The Morgan fingerprint density at radius 2 is 2.14 bits per heavy atom. The molecular weight excluding hydrogens is 272 g/mol. The number of hydrogen-bond acceptors (Lipinski definition) is 6. The third-order valence-corrected chi connectivity index (χ3v) is 3.61. The smallest absolute Gasteiger partial charge is 0.360 e. The number of ether oxygens (including phenoxy) is 1. The summed E-state index contributed by atoms with van der Waals surface area (Å²) < 4.78 is 11.8. The Morgan fingerprint density at radius 3 is 2.62 bits per heavy atom. The maximum atomic E-state index is 11.7. The lowest BCUT2D eigenvalue weighted by Gasteiger charge is -2.17. The molecule has 2 N–H and O–H groups in total. The number of anilines is 1. The van der Waals surface area contributed by atoms with E-state index >= 15 is 0 Å². The lowest BCUT2D eigenvalue weighted by atomic mass is 10.1. The first-order chi connectivity index (χ1) is 9.92. The Balaban J connectivity index is 2.58. The summed E-state index contributed by atoms with van der Waals surface area (Å²) in [5.74, 6) is 1.22. The lowest BCUT2D eigenvalue weighted by Crippen LogP contribution is -2.15. The van der Waals surface area contributed by atoms with Gasteiger partial charge in [-0.1, -0.05) is 12.1 Å². The van der Waals surface area contributed by atoms with Crippen LogP contribution in [0.2, 0.25) is 0 Å². The molecule has 0 aromatic carbocycles. The van der Waals surface area contributed by atoms with Crippen LogP contribution in [0.4, 0.5) is 5.82 Å². The number of carbonyl (C=O) groups excluding carboxylic acids is 1. The summed E-state index contributed by atoms with van der Waals surface area (Å²) >= 11 is 0. The molecule has 7 heteroatoms. The van der Waals surface area contributed by atoms with Gasteiger partial charge in [-0.2, -0.15) is 0 Å². The minimum absolute atomic E-state index is 0.128. The highest BCUT2D eigenvalue weighted by atomic mass is 16.5. The van der Waals surface area contributed by atoms with Gasteiger partial charge in [-0.05, 0) is 20.8 Å². The number of imidazole rings is 1. The van der Waals surface area contributed by atoms with Gasteiger partial charge in [0.25, 0.3) is 0 Å². The average molecular weight is 292 g/mol. The summed E-state index contributed by atoms with van der Waals surface area (Å²) in [6.07, 6.45) is 0.648. The first-order valence-corrected chi connectivity index (χ1v) is 6.79. The van der Waals surface area contributed by atoms with Crippen molar-refractivity contribution >= 4 is 11.8 Å². The molecule has 0 radical (unpaired) electrons. The predicted molar refractivity (Wildman–Crippen MR) is 77.1 cm³/mol. The molecule has 2 heterocycles. The molecule has 0 aliphatic rings. The Hall–Kier alpha value is -2.31. The summed E-state index contributed by atoms with van der Waals surface area (Å²) in [5.41, 5.74) is 8.01. The second kappa shape index (κ2) is 5.59. The fourth-order valence-electron chi connectivity index (χ4n) is 2.64. The molecule has 1 unspecified atom stereocenters. The van der Waals surface area contributed by atoms with Crippen molar-refractivity contribution in [1.82, 2.24) is 14.7 Å². The van der Waals surface area contributed by atoms with Gasteiger partial charge in [0.15, 0.2) is 5.69 Å². The molecule has 2 aromatic heterocycles. The monoisotopic (exact) mass is 292 g/mol. The molecule has 21 heavy (non-hydrogen) atoms. The van der Waals surface area contributed by atoms with E-state index < -0.39 is 5.97 Å². The topological polar surface area (TPSA) is 96.2 Å². The van der Waals surface area contributed by atoms with Gasteiger partial charge in [0, 0.05) is 12.0 Å². The zero-order valence-corrected chi connectivity index (χ0v) is 12.9. The molecule has 7 nitrogen and oxygen atoms in total. The van der Waals surface area contributed by atoms with E-state index in [1.165, 1.54) is 7.11 Å². The number of aryl methyl sites for hydroxylation is 3. The van der Waals surface area contributed by atoms with E-state index in [1.54, 1.807) is 0 Å². The van der Waals surface area contributed by atoms with Crippen LogP contribution in [0.25, 0.3) is 0 Å². The number of esters is 1. The molecule has 0 spiro atoms. The van der Waals surface area contributed by atoms with Crippen LogP contribution in [0, 0.1) is 13.8 Å². The summed E-state index contributed by atoms with van der Waals surface area (Å²) in [6.45, 7) is 7.66. The largest absolute Gasteiger partial charge is 0.464 e. The quantitative estimate of drug-likeness (QED) is 0.866. The number of nitrogens with zero attached hydrogens (tertiary/aromatic N) is 3. The van der Waals surface area contributed by atoms with E-state index in [-0.39, 0.29) is 11.7 Å². The van der Waals surface area contributed by atoms with Crippen LogP contribution in [-0.2, 0) is 11.2 Å². The molecular formula is C14H20N4O3. The minimum Gasteiger partial charge on any atom is -0.464 e. The Bertz CT molecular complexity index is 653. The van der Waals surface area contributed by atoms with Gasteiger partial charge in [0.05, 0.1) is 18.8 Å². The summed E-state index contributed by atoms with van der Waals surface area (Å²) in [4.78, 5) is 16.1. The summed E-state index contributed by atoms with van der Waals surface area (Å²) in [6, 6.07) is -0.128. The summed E-state index contributed by atoms with van der Waals surface area (Å²) in [7, 11) is 1.31. The third-order valence-electron chi connectivity index (χ3n) is 3.61. The Morgan fingerprint density at radius 1 is 1.48 bits per heavy atom. The van der Waals surface area contributed by atoms with E-state index in [9.17, 15) is 4.79 Å². The van der Waals surface area contributed by atoms with E-state index in [2.05, 4.69) is 10.1 Å². The molecule has 0 amide bonds. The molecule has 2 rings (SSSR count). The van der Waals surface area contributed by atoms with Gasteiger partial charge < -0.3 is 19.6 Å². The van der Waals surface area contributed by atoms with Crippen LogP contribution >= 0.6 is 0 Å². The molecule has 0 bridgehead atoms. The van der Waals surface area contributed by atoms with Crippen molar-refractivity contribution in [3.63, 3.8) is 0 Å². The zero-order valence-electron chi connectivity index (χ0n) is 12.9. The zero-order chi connectivity index (χ0) is 15.7. The van der Waals surface area contributed by atoms with E-state index in [1.807, 2.05) is 32.3 Å². The molecule has 0 aliphatic carbocycles. The van der Waals surface area contributed by atoms with Gasteiger partial charge in [0.2, 0.25) is 0 Å². The number of aromatic nitrogens is 3. The standard InChI is InChI=1S/C14H20N4O3/c1-6-10-16-12(14(19)20-5)13(15)18(10)8(3)11-7(2)17-21-9(11)4/h8H,6,15H2,1-5H3. The van der Waals surface area contributed by atoms with Gasteiger partial charge in [-0.15, -0.1) is 0 Å². The second-order valence-corrected chi connectivity index (χ2v) is 4.89. The van der Waals surface area contributed by atoms with Crippen molar-refractivity contribution in [2.24, 2.45) is 0 Å². The summed E-state index contributed by atoms with van der Waals surface area (Å²) in [5, 5.41) is 3.96. The maximum Gasteiger partial charge on any atom is 0.360 e. The van der Waals surface area contributed by atoms with Crippen LogP contribution < -0.4 is 5.73 Å². The van der Waals surface area contributed by atoms with E-state index in [4.69, 9.17) is 15.0 Å². The third kappa shape index (κ3) is 2.39. The van der Waals surface area contributed by atoms with Crippen molar-refractivity contribution in [2.75, 3.05) is 12.8 Å². The van der Waals surface area contributed by atoms with Crippen LogP contribution in [0.5, 0.6) is 0 Å². The second-order valence-electron chi connectivity index (χ2n) is 4.89. The number of hydrogen-bond donors (Lipinski definition) is 1. The fourth-order valence-corrected chi connectivity index (χ4v) is 2.64. The Labute approximate surface area is 123 Å². The highest BCUT2D eigenvalue weighted by Crippen LogP contribution is 2.30. The average Bonchev–Trinajstić information content (AvgIpc) is 2.97. The first-order valence-electron chi connectivity index (χ1n) is 6.79. The molecule has 0 fully saturated rings. The van der Waals surface area contributed by atoms with Crippen molar-refractivity contribution in [3.05, 3.63) is 28.5 Å².